The van der Waals surface area contributed by atoms with E-state index >= 15 is 0 Å². The molecule has 9 nitrogen and oxygen atoms in total. The Labute approximate surface area is 181 Å². The lowest BCUT2D eigenvalue weighted by Gasteiger charge is -2.41. The predicted octanol–water partition coefficient (Wildman–Crippen LogP) is 1.81. The molecule has 4 rings (SSSR count). The zero-order chi connectivity index (χ0) is 22.5. The third kappa shape index (κ3) is 5.10. The van der Waals surface area contributed by atoms with Gasteiger partial charge in [-0.15, -0.1) is 0 Å². The number of nitrogens with zero attached hydrogens (tertiary/aromatic N) is 2. The third-order valence-corrected chi connectivity index (χ3v) is 6.59. The Kier molecular flexibility index (Phi) is 7.37. The van der Waals surface area contributed by atoms with E-state index in [4.69, 9.17) is 29.3 Å². The topological polar surface area (TPSA) is 117 Å². The molecule has 31 heavy (non-hydrogen) atoms. The SMILES string of the molecule is COc1cccc(C(=O)N2CCN(C3CC4CCC3C4)CC2)c1OC.O=C(O)C(=O)O. The van der Waals surface area contributed by atoms with Crippen LogP contribution in [-0.4, -0.2) is 84.3 Å². The minimum atomic E-state index is -1.82. The number of fused-ring (bicyclic) bond motifs is 2. The highest BCUT2D eigenvalue weighted by atomic mass is 16.5. The lowest BCUT2D eigenvalue weighted by atomic mass is 9.93. The van der Waals surface area contributed by atoms with Gasteiger partial charge < -0.3 is 24.6 Å². The molecule has 170 valence electrons. The first kappa shape index (κ1) is 22.9. The molecule has 3 atom stereocenters. The van der Waals surface area contributed by atoms with Gasteiger partial charge in [-0.3, -0.25) is 9.69 Å². The Morgan fingerprint density at radius 1 is 0.935 bits per heavy atom. The summed E-state index contributed by atoms with van der Waals surface area (Å²) in [6, 6.07) is 6.26. The van der Waals surface area contributed by atoms with Crippen LogP contribution in [0.5, 0.6) is 11.5 Å². The van der Waals surface area contributed by atoms with Crippen molar-refractivity contribution < 1.29 is 34.1 Å². The Balaban J connectivity index is 0.000000401. The zero-order valence-electron chi connectivity index (χ0n) is 18.0. The number of hydrogen-bond donors (Lipinski definition) is 2. The molecule has 0 radical (unpaired) electrons. The van der Waals surface area contributed by atoms with Crippen LogP contribution in [0.2, 0.25) is 0 Å². The number of rotatable bonds is 4. The molecule has 1 amide bonds. The number of carboxylic acids is 2. The van der Waals surface area contributed by atoms with Crippen LogP contribution in [0.4, 0.5) is 0 Å². The lowest BCUT2D eigenvalue weighted by molar-refractivity contribution is -0.159. The van der Waals surface area contributed by atoms with E-state index in [-0.39, 0.29) is 5.91 Å². The van der Waals surface area contributed by atoms with Crippen LogP contribution in [-0.2, 0) is 9.59 Å². The monoisotopic (exact) mass is 434 g/mol. The first-order chi connectivity index (χ1) is 14.8. The maximum Gasteiger partial charge on any atom is 0.414 e. The quantitative estimate of drug-likeness (QED) is 0.689. The summed E-state index contributed by atoms with van der Waals surface area (Å²) in [7, 11) is 3.18. The van der Waals surface area contributed by atoms with Crippen molar-refractivity contribution in [2.75, 3.05) is 40.4 Å². The highest BCUT2D eigenvalue weighted by molar-refractivity contribution is 6.27. The molecule has 0 aromatic heterocycles. The molecule has 2 aliphatic carbocycles. The molecule has 2 N–H and O–H groups in total. The van der Waals surface area contributed by atoms with Crippen molar-refractivity contribution in [3.05, 3.63) is 23.8 Å². The van der Waals surface area contributed by atoms with Gasteiger partial charge in [0.2, 0.25) is 0 Å². The predicted molar refractivity (Wildman–Crippen MR) is 112 cm³/mol. The van der Waals surface area contributed by atoms with E-state index in [0.717, 1.165) is 44.1 Å². The van der Waals surface area contributed by atoms with Crippen LogP contribution in [0.1, 0.15) is 36.0 Å². The van der Waals surface area contributed by atoms with Gasteiger partial charge in [0.25, 0.3) is 5.91 Å². The lowest BCUT2D eigenvalue weighted by Crippen LogP contribution is -2.53. The second-order valence-electron chi connectivity index (χ2n) is 8.22. The van der Waals surface area contributed by atoms with Gasteiger partial charge >= 0.3 is 11.9 Å². The third-order valence-electron chi connectivity index (χ3n) is 6.59. The Morgan fingerprint density at radius 3 is 2.10 bits per heavy atom. The largest absolute Gasteiger partial charge is 0.493 e. The molecule has 1 heterocycles. The summed E-state index contributed by atoms with van der Waals surface area (Å²) < 4.78 is 10.8. The zero-order valence-corrected chi connectivity index (χ0v) is 18.0. The summed E-state index contributed by atoms with van der Waals surface area (Å²) in [4.78, 5) is 35.8. The molecule has 2 bridgehead atoms. The van der Waals surface area contributed by atoms with Gasteiger partial charge in [0.1, 0.15) is 0 Å². The van der Waals surface area contributed by atoms with E-state index in [9.17, 15) is 4.79 Å². The van der Waals surface area contributed by atoms with Crippen LogP contribution >= 0.6 is 0 Å². The van der Waals surface area contributed by atoms with E-state index in [1.165, 1.54) is 25.7 Å². The van der Waals surface area contributed by atoms with E-state index in [1.807, 2.05) is 23.1 Å². The van der Waals surface area contributed by atoms with Gasteiger partial charge in [-0.2, -0.15) is 0 Å². The van der Waals surface area contributed by atoms with E-state index in [2.05, 4.69) is 4.90 Å². The summed E-state index contributed by atoms with van der Waals surface area (Å²) in [6.45, 7) is 3.58. The number of methoxy groups -OCH3 is 2. The highest BCUT2D eigenvalue weighted by Crippen LogP contribution is 2.46. The van der Waals surface area contributed by atoms with Crippen molar-refractivity contribution in [1.82, 2.24) is 9.80 Å². The maximum atomic E-state index is 13.0. The maximum absolute atomic E-state index is 13.0. The second kappa shape index (κ2) is 10.00. The number of benzene rings is 1. The smallest absolute Gasteiger partial charge is 0.414 e. The number of amides is 1. The van der Waals surface area contributed by atoms with Crippen LogP contribution in [0.15, 0.2) is 18.2 Å². The first-order valence-corrected chi connectivity index (χ1v) is 10.6. The molecule has 1 saturated heterocycles. The fourth-order valence-electron chi connectivity index (χ4n) is 5.14. The van der Waals surface area contributed by atoms with Gasteiger partial charge in [-0.1, -0.05) is 12.5 Å². The molecular formula is C22H30N2O7. The molecule has 1 aromatic carbocycles. The van der Waals surface area contributed by atoms with E-state index in [0.29, 0.717) is 17.1 Å². The van der Waals surface area contributed by atoms with Gasteiger partial charge in [0.05, 0.1) is 19.8 Å². The van der Waals surface area contributed by atoms with Crippen molar-refractivity contribution in [3.8, 4) is 11.5 Å². The Bertz CT molecular complexity index is 808. The number of carboxylic acid groups (broad SMARTS) is 2. The number of aliphatic carboxylic acids is 2. The van der Waals surface area contributed by atoms with E-state index < -0.39 is 11.9 Å². The highest BCUT2D eigenvalue weighted by Gasteiger charge is 2.43. The standard InChI is InChI=1S/C20H28N2O3.C2H2O4/c1-24-18-5-3-4-16(19(18)25-2)20(23)22-10-8-21(9-11-22)17-13-14-6-7-15(17)12-14;3-1(4)2(5)6/h3-5,14-15,17H,6-13H2,1-2H3;(H,3,4)(H,5,6). The Morgan fingerprint density at radius 2 is 1.61 bits per heavy atom. The van der Waals surface area contributed by atoms with Crippen LogP contribution < -0.4 is 9.47 Å². The normalized spacial score (nSPS) is 24.8. The average Bonchev–Trinajstić information content (AvgIpc) is 3.42. The summed E-state index contributed by atoms with van der Waals surface area (Å²) in [6.07, 6.45) is 5.66. The molecule has 1 aromatic rings. The number of carbonyl (C=O) groups is 3. The molecule has 0 spiro atoms. The van der Waals surface area contributed by atoms with Crippen molar-refractivity contribution >= 4 is 17.8 Å². The first-order valence-electron chi connectivity index (χ1n) is 10.6. The molecule has 9 heteroatoms. The average molecular weight is 434 g/mol. The summed E-state index contributed by atoms with van der Waals surface area (Å²) >= 11 is 0. The van der Waals surface area contributed by atoms with Crippen LogP contribution in [0.25, 0.3) is 0 Å². The fraction of sp³-hybridized carbons (Fsp3) is 0.591. The van der Waals surface area contributed by atoms with Crippen molar-refractivity contribution in [1.29, 1.82) is 0 Å². The van der Waals surface area contributed by atoms with Gasteiger partial charge in [-0.05, 0) is 43.2 Å². The molecule has 2 saturated carbocycles. The summed E-state index contributed by atoms with van der Waals surface area (Å²) in [5.74, 6) is -0.589. The minimum absolute atomic E-state index is 0.0448. The van der Waals surface area contributed by atoms with Gasteiger partial charge in [-0.25, -0.2) is 9.59 Å². The summed E-state index contributed by atoms with van der Waals surface area (Å²) in [5, 5.41) is 14.8. The number of carbonyl (C=O) groups excluding carboxylic acids is 1. The molecule has 3 unspecified atom stereocenters. The summed E-state index contributed by atoms with van der Waals surface area (Å²) in [5.41, 5.74) is 0.593. The fourth-order valence-corrected chi connectivity index (χ4v) is 5.14. The van der Waals surface area contributed by atoms with E-state index in [1.54, 1.807) is 14.2 Å². The minimum Gasteiger partial charge on any atom is -0.493 e. The number of ether oxygens (including phenoxy) is 2. The van der Waals surface area contributed by atoms with Crippen molar-refractivity contribution in [2.45, 2.75) is 31.7 Å². The van der Waals surface area contributed by atoms with Crippen LogP contribution in [0.3, 0.4) is 0 Å². The number of hydrogen-bond acceptors (Lipinski definition) is 6. The molecule has 1 aliphatic heterocycles. The van der Waals surface area contributed by atoms with Crippen molar-refractivity contribution in [3.63, 3.8) is 0 Å². The van der Waals surface area contributed by atoms with Crippen LogP contribution in [0, 0.1) is 11.8 Å². The number of piperazine rings is 1. The molecule has 3 fully saturated rings. The molecular weight excluding hydrogens is 404 g/mol. The number of para-hydroxylation sites is 1. The second-order valence-corrected chi connectivity index (χ2v) is 8.22. The Hall–Kier alpha value is -2.81. The van der Waals surface area contributed by atoms with Gasteiger partial charge in [0, 0.05) is 32.2 Å². The van der Waals surface area contributed by atoms with Gasteiger partial charge in [0.15, 0.2) is 11.5 Å². The van der Waals surface area contributed by atoms with Crippen molar-refractivity contribution in [2.24, 2.45) is 11.8 Å². The molecule has 3 aliphatic rings.